The molecule has 6 heterocycles. The Morgan fingerprint density at radius 3 is 1.44 bits per heavy atom. The Labute approximate surface area is 481 Å². The summed E-state index contributed by atoms with van der Waals surface area (Å²) in [5.74, 6) is 0. The SMILES string of the molecule is C1=CC(N(c2ccccc2)c2cccc3c2oc2ccccc23)CC=C1c1cccc2c1c1cccc3c4cc5c(cc4n2c31)c1cccc2c3c(-c4ccc(N(c6ccccc6)c6cccc7c6oc6ccccc67)cc4)cccc3n5c12. The number of benzene rings is 12. The summed E-state index contributed by atoms with van der Waals surface area (Å²) >= 11 is 0. The summed E-state index contributed by atoms with van der Waals surface area (Å²) in [6, 6.07) is 92.6. The van der Waals surface area contributed by atoms with Crippen LogP contribution in [0.25, 0.3) is 137 Å². The van der Waals surface area contributed by atoms with Crippen molar-refractivity contribution in [2.24, 2.45) is 0 Å². The third-order valence-corrected chi connectivity index (χ3v) is 18.3. The third-order valence-electron chi connectivity index (χ3n) is 18.3. The third kappa shape index (κ3) is 6.28. The number of nitrogens with zero attached hydrogens (tertiary/aromatic N) is 4. The summed E-state index contributed by atoms with van der Waals surface area (Å²) < 4.78 is 18.3. The van der Waals surface area contributed by atoms with Gasteiger partial charge in [0.15, 0.2) is 11.2 Å². The van der Waals surface area contributed by atoms with Crippen LogP contribution in [0.15, 0.2) is 282 Å². The van der Waals surface area contributed by atoms with Crippen molar-refractivity contribution in [2.45, 2.75) is 12.5 Å². The van der Waals surface area contributed by atoms with Crippen LogP contribution in [0.3, 0.4) is 0 Å². The molecule has 6 heteroatoms. The Kier molecular flexibility index (Phi) is 9.36. The van der Waals surface area contributed by atoms with Crippen molar-refractivity contribution in [1.82, 2.24) is 8.80 Å². The zero-order chi connectivity index (χ0) is 54.7. The fraction of sp³-hybridized carbons (Fsp3) is 0.0256. The number of furan rings is 2. The number of rotatable bonds is 8. The van der Waals surface area contributed by atoms with E-state index in [2.05, 4.69) is 279 Å². The molecular formula is C78H48N4O2. The number of anilines is 5. The molecule has 6 aromatic heterocycles. The summed E-state index contributed by atoms with van der Waals surface area (Å²) in [4.78, 5) is 4.76. The first-order valence-electron chi connectivity index (χ1n) is 29.0. The molecule has 84 heavy (non-hydrogen) atoms. The van der Waals surface area contributed by atoms with Gasteiger partial charge < -0.3 is 27.4 Å². The maximum absolute atomic E-state index is 6.64. The first kappa shape index (κ1) is 45.6. The number of allylic oxidation sites excluding steroid dienone is 2. The van der Waals surface area contributed by atoms with Crippen LogP contribution < -0.4 is 9.80 Å². The van der Waals surface area contributed by atoms with Gasteiger partial charge >= 0.3 is 0 Å². The maximum Gasteiger partial charge on any atom is 0.159 e. The zero-order valence-corrected chi connectivity index (χ0v) is 45.4. The van der Waals surface area contributed by atoms with Crippen LogP contribution in [0.2, 0.25) is 0 Å². The van der Waals surface area contributed by atoms with Crippen molar-refractivity contribution in [3.05, 3.63) is 279 Å². The molecule has 0 saturated heterocycles. The highest BCUT2D eigenvalue weighted by molar-refractivity contribution is 6.31. The molecule has 0 fully saturated rings. The number of para-hydroxylation sites is 8. The van der Waals surface area contributed by atoms with E-state index in [0.29, 0.717) is 0 Å². The van der Waals surface area contributed by atoms with Gasteiger partial charge in [0.1, 0.15) is 11.2 Å². The fourth-order valence-corrected chi connectivity index (χ4v) is 14.7. The molecule has 0 amide bonds. The smallest absolute Gasteiger partial charge is 0.159 e. The van der Waals surface area contributed by atoms with Gasteiger partial charge in [-0.05, 0) is 114 Å². The average molecular weight is 1070 g/mol. The highest BCUT2D eigenvalue weighted by Crippen LogP contribution is 2.49. The summed E-state index contributed by atoms with van der Waals surface area (Å²) in [6.45, 7) is 0. The molecule has 0 radical (unpaired) electrons. The molecule has 0 N–H and O–H groups in total. The van der Waals surface area contributed by atoms with Crippen LogP contribution >= 0.6 is 0 Å². The van der Waals surface area contributed by atoms with Gasteiger partial charge in [-0.2, -0.15) is 0 Å². The molecule has 6 nitrogen and oxygen atoms in total. The quantitative estimate of drug-likeness (QED) is 0.152. The van der Waals surface area contributed by atoms with Crippen LogP contribution in [-0.2, 0) is 0 Å². The Bertz CT molecular complexity index is 5780. The first-order chi connectivity index (χ1) is 41.7. The van der Waals surface area contributed by atoms with Crippen molar-refractivity contribution in [3.8, 4) is 11.1 Å². The predicted molar refractivity (Wildman–Crippen MR) is 351 cm³/mol. The topological polar surface area (TPSA) is 41.6 Å². The van der Waals surface area contributed by atoms with E-state index in [1.54, 1.807) is 0 Å². The molecule has 12 aromatic carbocycles. The Balaban J connectivity index is 0.718. The van der Waals surface area contributed by atoms with Gasteiger partial charge in [-0.3, -0.25) is 0 Å². The minimum absolute atomic E-state index is 0.0728. The lowest BCUT2D eigenvalue weighted by Crippen LogP contribution is -2.30. The number of hydrogen-bond donors (Lipinski definition) is 0. The maximum atomic E-state index is 6.64. The molecule has 1 unspecified atom stereocenters. The highest BCUT2D eigenvalue weighted by Gasteiger charge is 2.28. The lowest BCUT2D eigenvalue weighted by atomic mass is 9.92. The van der Waals surface area contributed by atoms with Crippen molar-refractivity contribution in [1.29, 1.82) is 0 Å². The molecule has 19 rings (SSSR count). The summed E-state index contributed by atoms with van der Waals surface area (Å²) in [6.07, 6.45) is 8.01. The van der Waals surface area contributed by atoms with Crippen LogP contribution in [0.4, 0.5) is 28.4 Å². The largest absolute Gasteiger partial charge is 0.454 e. The number of fused-ring (bicyclic) bond motifs is 18. The molecule has 0 saturated carbocycles. The standard InChI is InChI=1S/C78H48N4O2/c1-3-17-49(18-4-1)79(67-33-15-27-59-55-21-7-9-35-71(55)83-77(59)67)51-41-37-47(38-42-51)53-23-13-31-65-73(53)61-29-11-25-57-63-46-70-64(45-69(63)81(65)75(57)61)58-26-12-30-62-74-54(24-14-32-66(74)82(70)76(58)62)48-39-43-52(44-40-48)80(50-19-5-2-6-20-50)68-34-16-28-60-56-22-8-10-36-72(56)84-78(60)68/h1-43,45-46,52H,44H2. The van der Waals surface area contributed by atoms with Gasteiger partial charge in [0, 0.05) is 81.7 Å². The van der Waals surface area contributed by atoms with Crippen molar-refractivity contribution < 1.29 is 8.83 Å². The van der Waals surface area contributed by atoms with E-state index in [0.717, 1.165) is 78.7 Å². The normalized spacial score (nSPS) is 14.0. The monoisotopic (exact) mass is 1070 g/mol. The Morgan fingerprint density at radius 1 is 0.357 bits per heavy atom. The van der Waals surface area contributed by atoms with E-state index in [1.165, 1.54) is 98.5 Å². The van der Waals surface area contributed by atoms with Crippen LogP contribution in [0.1, 0.15) is 12.0 Å². The van der Waals surface area contributed by atoms with Gasteiger partial charge in [-0.1, -0.05) is 188 Å². The van der Waals surface area contributed by atoms with Crippen molar-refractivity contribution in [2.75, 3.05) is 9.80 Å². The molecule has 1 aliphatic carbocycles. The van der Waals surface area contributed by atoms with Crippen LogP contribution in [-0.4, -0.2) is 14.8 Å². The lowest BCUT2D eigenvalue weighted by Gasteiger charge is -2.33. The van der Waals surface area contributed by atoms with Gasteiger partial charge in [0.05, 0.1) is 50.5 Å². The van der Waals surface area contributed by atoms with Crippen molar-refractivity contribution >= 4 is 154 Å². The first-order valence-corrected chi connectivity index (χ1v) is 29.0. The number of aromatic nitrogens is 2. The minimum Gasteiger partial charge on any atom is -0.454 e. The van der Waals surface area contributed by atoms with E-state index >= 15 is 0 Å². The highest BCUT2D eigenvalue weighted by atomic mass is 16.3. The van der Waals surface area contributed by atoms with Gasteiger partial charge in [0.2, 0.25) is 0 Å². The molecule has 0 aliphatic heterocycles. The summed E-state index contributed by atoms with van der Waals surface area (Å²) in [7, 11) is 0. The second-order valence-electron chi connectivity index (χ2n) is 22.6. The molecule has 18 aromatic rings. The molecule has 1 aliphatic rings. The van der Waals surface area contributed by atoms with Gasteiger partial charge in [0.25, 0.3) is 0 Å². The molecule has 1 atom stereocenters. The Hall–Kier alpha value is -11.1. The molecule has 392 valence electrons. The van der Waals surface area contributed by atoms with E-state index in [4.69, 9.17) is 8.83 Å². The molecule has 0 bridgehead atoms. The van der Waals surface area contributed by atoms with Gasteiger partial charge in [-0.25, -0.2) is 0 Å². The van der Waals surface area contributed by atoms with E-state index in [-0.39, 0.29) is 6.04 Å². The minimum atomic E-state index is 0.0728. The van der Waals surface area contributed by atoms with Crippen LogP contribution in [0.5, 0.6) is 0 Å². The fourth-order valence-electron chi connectivity index (χ4n) is 14.7. The second kappa shape index (κ2) is 17.2. The predicted octanol–water partition coefficient (Wildman–Crippen LogP) is 21.5. The van der Waals surface area contributed by atoms with Crippen molar-refractivity contribution in [3.63, 3.8) is 0 Å². The summed E-state index contributed by atoms with van der Waals surface area (Å²) in [5.41, 5.74) is 21.2. The van der Waals surface area contributed by atoms with E-state index < -0.39 is 0 Å². The second-order valence-corrected chi connectivity index (χ2v) is 22.6. The van der Waals surface area contributed by atoms with Gasteiger partial charge in [-0.15, -0.1) is 0 Å². The van der Waals surface area contributed by atoms with E-state index in [9.17, 15) is 0 Å². The summed E-state index contributed by atoms with van der Waals surface area (Å²) in [5, 5.41) is 14.6. The van der Waals surface area contributed by atoms with Crippen LogP contribution in [0, 0.1) is 0 Å². The molecular weight excluding hydrogens is 1020 g/mol. The lowest BCUT2D eigenvalue weighted by molar-refractivity contribution is 0.664. The number of hydrogen-bond acceptors (Lipinski definition) is 4. The Morgan fingerprint density at radius 2 is 0.833 bits per heavy atom. The van der Waals surface area contributed by atoms with E-state index in [1.807, 2.05) is 12.1 Å². The average Bonchev–Trinajstić information content (AvgIpc) is 1.83. The zero-order valence-electron chi connectivity index (χ0n) is 45.4. The molecule has 0 spiro atoms.